The molecular formula is C22H20FN3O3. The number of hydrogen-bond donors (Lipinski definition) is 1. The number of nitro groups is 1. The lowest BCUT2D eigenvalue weighted by molar-refractivity contribution is -0.384. The van der Waals surface area contributed by atoms with Gasteiger partial charge >= 0.3 is 0 Å². The van der Waals surface area contributed by atoms with Crippen molar-refractivity contribution in [2.24, 2.45) is 0 Å². The van der Waals surface area contributed by atoms with E-state index in [9.17, 15) is 19.3 Å². The molecule has 148 valence electrons. The van der Waals surface area contributed by atoms with Crippen molar-refractivity contribution in [2.45, 2.75) is 18.8 Å². The summed E-state index contributed by atoms with van der Waals surface area (Å²) < 4.78 is 13.3. The van der Waals surface area contributed by atoms with Crippen molar-refractivity contribution in [3.05, 3.63) is 106 Å². The average Bonchev–Trinajstić information content (AvgIpc) is 2.74. The Hall–Kier alpha value is -3.61. The maximum atomic E-state index is 13.3. The fourth-order valence-corrected chi connectivity index (χ4v) is 3.02. The number of nitrogens with zero attached hydrogens (tertiary/aromatic N) is 2. The first kappa shape index (κ1) is 20.1. The molecule has 0 fully saturated rings. The summed E-state index contributed by atoms with van der Waals surface area (Å²) in [4.78, 5) is 27.4. The Morgan fingerprint density at radius 1 is 1.07 bits per heavy atom. The lowest BCUT2D eigenvalue weighted by atomic mass is 9.93. The maximum absolute atomic E-state index is 13.3. The Labute approximate surface area is 167 Å². The smallest absolute Gasteiger partial charge is 0.269 e. The molecule has 1 atom stereocenters. The van der Waals surface area contributed by atoms with Gasteiger partial charge in [-0.3, -0.25) is 19.9 Å². The molecule has 0 aliphatic carbocycles. The predicted octanol–water partition coefficient (Wildman–Crippen LogP) is 3.81. The summed E-state index contributed by atoms with van der Waals surface area (Å²) in [6.45, 7) is 0.385. The van der Waals surface area contributed by atoms with Crippen molar-refractivity contribution >= 4 is 11.6 Å². The highest BCUT2D eigenvalue weighted by atomic mass is 19.1. The molecule has 0 saturated heterocycles. The summed E-state index contributed by atoms with van der Waals surface area (Å²) in [7, 11) is 0. The van der Waals surface area contributed by atoms with E-state index in [1.165, 1.54) is 24.3 Å². The third-order valence-electron chi connectivity index (χ3n) is 4.59. The van der Waals surface area contributed by atoms with Gasteiger partial charge in [0.2, 0.25) is 5.91 Å². The van der Waals surface area contributed by atoms with Gasteiger partial charge in [-0.05, 0) is 41.8 Å². The Morgan fingerprint density at radius 3 is 2.41 bits per heavy atom. The third kappa shape index (κ3) is 5.68. The van der Waals surface area contributed by atoms with Gasteiger partial charge in [-0.15, -0.1) is 0 Å². The van der Waals surface area contributed by atoms with Crippen LogP contribution in [0.2, 0.25) is 0 Å². The molecule has 0 saturated carbocycles. The van der Waals surface area contributed by atoms with Crippen LogP contribution in [0, 0.1) is 15.9 Å². The first-order valence-electron chi connectivity index (χ1n) is 9.19. The molecule has 2 aromatic carbocycles. The van der Waals surface area contributed by atoms with Gasteiger partial charge in [-0.25, -0.2) is 4.39 Å². The summed E-state index contributed by atoms with van der Waals surface area (Å²) >= 11 is 0. The molecule has 7 heteroatoms. The van der Waals surface area contributed by atoms with Gasteiger partial charge < -0.3 is 5.32 Å². The normalized spacial score (nSPS) is 11.6. The van der Waals surface area contributed by atoms with Gasteiger partial charge in [0.05, 0.1) is 10.8 Å². The van der Waals surface area contributed by atoms with Crippen LogP contribution in [0.1, 0.15) is 22.7 Å². The molecule has 1 unspecified atom stereocenters. The van der Waals surface area contributed by atoms with Crippen LogP contribution in [-0.2, 0) is 17.6 Å². The van der Waals surface area contributed by atoms with Gasteiger partial charge in [0, 0.05) is 37.0 Å². The SMILES string of the molecule is O=C(NCCc1ccc([N+](=O)[O-])cc1)C(Cc1ccccn1)c1ccc(F)cc1. The van der Waals surface area contributed by atoms with E-state index < -0.39 is 10.8 Å². The third-order valence-corrected chi connectivity index (χ3v) is 4.59. The second-order valence-electron chi connectivity index (χ2n) is 6.59. The van der Waals surface area contributed by atoms with Crippen LogP contribution in [-0.4, -0.2) is 22.4 Å². The standard InChI is InChI=1S/C22H20FN3O3/c23-18-8-6-17(7-9-18)21(15-19-3-1-2-13-24-19)22(27)25-14-12-16-4-10-20(11-5-16)26(28)29/h1-11,13,21H,12,14-15H2,(H,25,27). The van der Waals surface area contributed by atoms with E-state index in [-0.39, 0.29) is 17.4 Å². The molecule has 6 nitrogen and oxygen atoms in total. The first-order chi connectivity index (χ1) is 14.0. The number of carbonyl (C=O) groups excluding carboxylic acids is 1. The quantitative estimate of drug-likeness (QED) is 0.466. The van der Waals surface area contributed by atoms with Crippen molar-refractivity contribution in [2.75, 3.05) is 6.54 Å². The number of nitro benzene ring substituents is 1. The number of rotatable bonds is 8. The average molecular weight is 393 g/mol. The summed E-state index contributed by atoms with van der Waals surface area (Å²) in [5.41, 5.74) is 2.40. The fourth-order valence-electron chi connectivity index (χ4n) is 3.02. The molecule has 3 aromatic rings. The van der Waals surface area contributed by atoms with Gasteiger partial charge in [-0.2, -0.15) is 0 Å². The topological polar surface area (TPSA) is 85.1 Å². The molecule has 29 heavy (non-hydrogen) atoms. The van der Waals surface area contributed by atoms with Crippen molar-refractivity contribution in [1.29, 1.82) is 0 Å². The van der Waals surface area contributed by atoms with E-state index in [0.29, 0.717) is 24.9 Å². The number of hydrogen-bond acceptors (Lipinski definition) is 4. The van der Waals surface area contributed by atoms with E-state index in [4.69, 9.17) is 0 Å². The predicted molar refractivity (Wildman–Crippen MR) is 107 cm³/mol. The van der Waals surface area contributed by atoms with Crippen LogP contribution >= 0.6 is 0 Å². The van der Waals surface area contributed by atoms with E-state index in [1.54, 1.807) is 36.5 Å². The van der Waals surface area contributed by atoms with Crippen molar-refractivity contribution in [1.82, 2.24) is 10.3 Å². The van der Waals surface area contributed by atoms with Crippen molar-refractivity contribution in [3.63, 3.8) is 0 Å². The lowest BCUT2D eigenvalue weighted by Crippen LogP contribution is -2.32. The van der Waals surface area contributed by atoms with Gasteiger partial charge in [0.15, 0.2) is 0 Å². The molecule has 0 bridgehead atoms. The zero-order valence-corrected chi connectivity index (χ0v) is 15.6. The number of halogens is 1. The van der Waals surface area contributed by atoms with Crippen LogP contribution in [0.5, 0.6) is 0 Å². The number of aromatic nitrogens is 1. The van der Waals surface area contributed by atoms with E-state index in [0.717, 1.165) is 11.3 Å². The van der Waals surface area contributed by atoms with Crippen LogP contribution in [0.25, 0.3) is 0 Å². The number of amides is 1. The van der Waals surface area contributed by atoms with Crippen LogP contribution in [0.15, 0.2) is 72.9 Å². The molecule has 0 aliphatic rings. The molecular weight excluding hydrogens is 373 g/mol. The summed E-state index contributed by atoms with van der Waals surface area (Å²) in [5, 5.41) is 13.6. The largest absolute Gasteiger partial charge is 0.355 e. The van der Waals surface area contributed by atoms with E-state index in [1.807, 2.05) is 12.1 Å². The molecule has 3 rings (SSSR count). The summed E-state index contributed by atoms with van der Waals surface area (Å²) in [5.74, 6) is -1.03. The minimum Gasteiger partial charge on any atom is -0.355 e. The lowest BCUT2D eigenvalue weighted by Gasteiger charge is -2.17. The van der Waals surface area contributed by atoms with Gasteiger partial charge in [0.1, 0.15) is 5.82 Å². The minimum atomic E-state index is -0.498. The van der Waals surface area contributed by atoms with E-state index >= 15 is 0 Å². The monoisotopic (exact) mass is 393 g/mol. The van der Waals surface area contributed by atoms with Crippen molar-refractivity contribution in [3.8, 4) is 0 Å². The number of nitrogens with one attached hydrogen (secondary N) is 1. The Balaban J connectivity index is 1.65. The molecule has 0 radical (unpaired) electrons. The number of non-ortho nitro benzene ring substituents is 1. The number of carbonyl (C=O) groups is 1. The highest BCUT2D eigenvalue weighted by molar-refractivity contribution is 5.83. The Kier molecular flexibility index (Phi) is 6.63. The second-order valence-corrected chi connectivity index (χ2v) is 6.59. The highest BCUT2D eigenvalue weighted by Gasteiger charge is 2.21. The molecule has 0 aliphatic heterocycles. The molecule has 1 aromatic heterocycles. The maximum Gasteiger partial charge on any atom is 0.269 e. The van der Waals surface area contributed by atoms with Crippen LogP contribution in [0.3, 0.4) is 0 Å². The fraction of sp³-hybridized carbons (Fsp3) is 0.182. The first-order valence-corrected chi connectivity index (χ1v) is 9.19. The van der Waals surface area contributed by atoms with Crippen LogP contribution in [0.4, 0.5) is 10.1 Å². The molecule has 1 N–H and O–H groups in total. The summed E-state index contributed by atoms with van der Waals surface area (Å²) in [6, 6.07) is 17.6. The zero-order valence-electron chi connectivity index (χ0n) is 15.6. The Morgan fingerprint density at radius 2 is 1.79 bits per heavy atom. The number of pyridine rings is 1. The Bertz CT molecular complexity index is 961. The molecule has 1 amide bonds. The second kappa shape index (κ2) is 9.54. The summed E-state index contributed by atoms with van der Waals surface area (Å²) in [6.07, 6.45) is 2.61. The minimum absolute atomic E-state index is 0.0320. The van der Waals surface area contributed by atoms with Crippen molar-refractivity contribution < 1.29 is 14.1 Å². The van der Waals surface area contributed by atoms with E-state index in [2.05, 4.69) is 10.3 Å². The molecule has 0 spiro atoms. The van der Waals surface area contributed by atoms with Gasteiger partial charge in [-0.1, -0.05) is 30.3 Å². The van der Waals surface area contributed by atoms with Crippen LogP contribution < -0.4 is 5.32 Å². The number of benzene rings is 2. The van der Waals surface area contributed by atoms with Gasteiger partial charge in [0.25, 0.3) is 5.69 Å². The zero-order chi connectivity index (χ0) is 20.6. The molecule has 1 heterocycles. The highest BCUT2D eigenvalue weighted by Crippen LogP contribution is 2.21.